The minimum absolute atomic E-state index is 0.00519. The lowest BCUT2D eigenvalue weighted by atomic mass is 9.95. The van der Waals surface area contributed by atoms with Gasteiger partial charge in [0.25, 0.3) is 0 Å². The highest BCUT2D eigenvalue weighted by Gasteiger charge is 2.47. The summed E-state index contributed by atoms with van der Waals surface area (Å²) in [5.74, 6) is 0.761. The van der Waals surface area contributed by atoms with E-state index in [0.717, 1.165) is 24.9 Å². The van der Waals surface area contributed by atoms with E-state index in [-0.39, 0.29) is 17.8 Å². The van der Waals surface area contributed by atoms with Crippen LogP contribution in [0.1, 0.15) is 19.3 Å². The first-order valence-corrected chi connectivity index (χ1v) is 10.3. The normalized spacial score (nSPS) is 26.1. The number of fused-ring (bicyclic) bond motifs is 2. The number of piperidine rings is 1. The molecule has 0 spiro atoms. The number of benzene rings is 1. The number of halogens is 1. The Morgan fingerprint density at radius 1 is 1.17 bits per heavy atom. The van der Waals surface area contributed by atoms with Crippen molar-refractivity contribution < 1.29 is 9.50 Å². The maximum atomic E-state index is 15.1. The highest BCUT2D eigenvalue weighted by atomic mass is 19.1. The molecular weight excluding hydrogens is 383 g/mol. The molecule has 2 unspecified atom stereocenters. The number of imidazole rings is 1. The van der Waals surface area contributed by atoms with Crippen molar-refractivity contribution >= 4 is 5.82 Å². The standard InChI is InChI=1S/C22H25FN6O/c1-27-14-4-7-18(27)22(23)19(11-14)28(2)21-8-6-17(25-26-21)16-5-3-15(12-20(16)30)29-10-9-24-13-29/h3,5-6,8-10,12-14,18-19,22,30H,4,7,11H2,1-2H3/t14?,18?,19-,22+/m1/s1. The van der Waals surface area contributed by atoms with E-state index in [9.17, 15) is 5.11 Å². The first kappa shape index (κ1) is 19.0. The summed E-state index contributed by atoms with van der Waals surface area (Å²) < 4.78 is 16.9. The second-order valence-electron chi connectivity index (χ2n) is 8.27. The van der Waals surface area contributed by atoms with Crippen molar-refractivity contribution in [2.45, 2.75) is 43.6 Å². The van der Waals surface area contributed by atoms with Crippen LogP contribution >= 0.6 is 0 Å². The van der Waals surface area contributed by atoms with Gasteiger partial charge in [-0.2, -0.15) is 0 Å². The molecule has 4 atom stereocenters. The van der Waals surface area contributed by atoms with Crippen LogP contribution in [0.2, 0.25) is 0 Å². The van der Waals surface area contributed by atoms with Crippen molar-refractivity contribution in [1.29, 1.82) is 0 Å². The number of phenolic OH excluding ortho intramolecular Hbond substituents is 1. The van der Waals surface area contributed by atoms with Crippen LogP contribution < -0.4 is 4.90 Å². The zero-order valence-electron chi connectivity index (χ0n) is 17.1. The SMILES string of the molecule is CN1C2CCC1[C@H](F)[C@H](N(C)c1ccc(-c3ccc(-n4ccnc4)cc3O)nn1)C2. The second kappa shape index (κ2) is 7.36. The molecule has 5 rings (SSSR count). The molecule has 1 N–H and O–H groups in total. The summed E-state index contributed by atoms with van der Waals surface area (Å²) in [6, 6.07) is 9.27. The smallest absolute Gasteiger partial charge is 0.151 e. The molecule has 7 nitrogen and oxygen atoms in total. The van der Waals surface area contributed by atoms with Gasteiger partial charge < -0.3 is 14.6 Å². The van der Waals surface area contributed by atoms with Gasteiger partial charge in [-0.3, -0.25) is 4.90 Å². The molecule has 0 amide bonds. The van der Waals surface area contributed by atoms with E-state index in [4.69, 9.17) is 0 Å². The summed E-state index contributed by atoms with van der Waals surface area (Å²) in [6.07, 6.45) is 7.04. The predicted octanol–water partition coefficient (Wildman–Crippen LogP) is 3.04. The van der Waals surface area contributed by atoms with Gasteiger partial charge in [0.15, 0.2) is 5.82 Å². The molecule has 8 heteroatoms. The number of aromatic hydroxyl groups is 1. The molecule has 2 aromatic heterocycles. The van der Waals surface area contributed by atoms with Crippen LogP contribution in [0.25, 0.3) is 16.9 Å². The number of aromatic nitrogens is 4. The number of hydrogen-bond acceptors (Lipinski definition) is 6. The minimum Gasteiger partial charge on any atom is -0.507 e. The van der Waals surface area contributed by atoms with E-state index in [2.05, 4.69) is 20.1 Å². The van der Waals surface area contributed by atoms with Crippen molar-refractivity contribution in [2.24, 2.45) is 0 Å². The molecule has 1 aromatic carbocycles. The van der Waals surface area contributed by atoms with Crippen LogP contribution in [0.3, 0.4) is 0 Å². The lowest BCUT2D eigenvalue weighted by Gasteiger charge is -2.43. The van der Waals surface area contributed by atoms with Gasteiger partial charge in [0, 0.05) is 43.2 Å². The molecule has 0 aliphatic carbocycles. The molecule has 2 bridgehead atoms. The van der Waals surface area contributed by atoms with Gasteiger partial charge in [0.1, 0.15) is 11.9 Å². The number of phenols is 1. The fraction of sp³-hybridized carbons (Fsp3) is 0.409. The highest BCUT2D eigenvalue weighted by molar-refractivity contribution is 5.69. The van der Waals surface area contributed by atoms with Crippen LogP contribution in [-0.2, 0) is 0 Å². The fourth-order valence-electron chi connectivity index (χ4n) is 4.88. The number of rotatable bonds is 4. The number of hydrogen-bond donors (Lipinski definition) is 1. The molecule has 30 heavy (non-hydrogen) atoms. The third-order valence-electron chi connectivity index (χ3n) is 6.71. The van der Waals surface area contributed by atoms with E-state index in [1.807, 2.05) is 54.0 Å². The first-order chi connectivity index (χ1) is 14.5. The zero-order chi connectivity index (χ0) is 20.8. The molecule has 2 saturated heterocycles. The summed E-state index contributed by atoms with van der Waals surface area (Å²) >= 11 is 0. The average Bonchev–Trinajstić information content (AvgIpc) is 3.37. The Bertz CT molecular complexity index is 1020. The average molecular weight is 408 g/mol. The Morgan fingerprint density at radius 2 is 2.03 bits per heavy atom. The van der Waals surface area contributed by atoms with E-state index in [1.165, 1.54) is 0 Å². The summed E-state index contributed by atoms with van der Waals surface area (Å²) in [4.78, 5) is 8.13. The summed E-state index contributed by atoms with van der Waals surface area (Å²) in [6.45, 7) is 0. The zero-order valence-corrected chi connectivity index (χ0v) is 17.1. The number of alkyl halides is 1. The molecule has 2 fully saturated rings. The summed E-state index contributed by atoms with van der Waals surface area (Å²) in [5, 5.41) is 19.1. The Morgan fingerprint density at radius 3 is 2.73 bits per heavy atom. The first-order valence-electron chi connectivity index (χ1n) is 10.3. The maximum absolute atomic E-state index is 15.1. The fourth-order valence-corrected chi connectivity index (χ4v) is 4.88. The molecule has 3 aromatic rings. The number of nitrogens with zero attached hydrogens (tertiary/aromatic N) is 6. The second-order valence-corrected chi connectivity index (χ2v) is 8.27. The molecule has 0 saturated carbocycles. The summed E-state index contributed by atoms with van der Waals surface area (Å²) in [7, 11) is 3.92. The van der Waals surface area contributed by atoms with Gasteiger partial charge >= 0.3 is 0 Å². The van der Waals surface area contributed by atoms with Crippen LogP contribution in [0.15, 0.2) is 49.1 Å². The predicted molar refractivity (Wildman–Crippen MR) is 113 cm³/mol. The third kappa shape index (κ3) is 3.11. The molecule has 2 aliphatic rings. The van der Waals surface area contributed by atoms with Crippen molar-refractivity contribution in [3.63, 3.8) is 0 Å². The highest BCUT2D eigenvalue weighted by Crippen LogP contribution is 2.39. The van der Waals surface area contributed by atoms with Crippen LogP contribution in [-0.4, -0.2) is 68.1 Å². The van der Waals surface area contributed by atoms with E-state index in [1.54, 1.807) is 18.6 Å². The molecule has 4 heterocycles. The van der Waals surface area contributed by atoms with Gasteiger partial charge in [-0.1, -0.05) is 0 Å². The Kier molecular flexibility index (Phi) is 4.66. The van der Waals surface area contributed by atoms with Crippen LogP contribution in [0, 0.1) is 0 Å². The quantitative estimate of drug-likeness (QED) is 0.716. The van der Waals surface area contributed by atoms with Crippen LogP contribution in [0.5, 0.6) is 5.75 Å². The Hall–Kier alpha value is -3.00. The molecule has 0 radical (unpaired) electrons. The van der Waals surface area contributed by atoms with Crippen molar-refractivity contribution in [1.82, 2.24) is 24.6 Å². The lowest BCUT2D eigenvalue weighted by molar-refractivity contribution is 0.0701. The van der Waals surface area contributed by atoms with Gasteiger partial charge in [0.05, 0.1) is 23.8 Å². The van der Waals surface area contributed by atoms with Crippen molar-refractivity contribution in [2.75, 3.05) is 19.0 Å². The third-order valence-corrected chi connectivity index (χ3v) is 6.71. The number of anilines is 1. The largest absolute Gasteiger partial charge is 0.507 e. The molecular formula is C22H25FN6O. The van der Waals surface area contributed by atoms with E-state index in [0.29, 0.717) is 23.1 Å². The van der Waals surface area contributed by atoms with Crippen molar-refractivity contribution in [3.05, 3.63) is 49.1 Å². The van der Waals surface area contributed by atoms with Gasteiger partial charge in [-0.25, -0.2) is 9.37 Å². The Balaban J connectivity index is 1.36. The van der Waals surface area contributed by atoms with Crippen LogP contribution in [0.4, 0.5) is 10.2 Å². The monoisotopic (exact) mass is 408 g/mol. The van der Waals surface area contributed by atoms with E-state index >= 15 is 4.39 Å². The van der Waals surface area contributed by atoms with Crippen molar-refractivity contribution in [3.8, 4) is 22.7 Å². The molecule has 2 aliphatic heterocycles. The molecule has 156 valence electrons. The Labute approximate surface area is 174 Å². The van der Waals surface area contributed by atoms with Gasteiger partial charge in [0.2, 0.25) is 0 Å². The summed E-state index contributed by atoms with van der Waals surface area (Å²) in [5.41, 5.74) is 1.98. The maximum Gasteiger partial charge on any atom is 0.151 e. The van der Waals surface area contributed by atoms with E-state index < -0.39 is 6.17 Å². The topological polar surface area (TPSA) is 70.3 Å². The lowest BCUT2D eigenvalue weighted by Crippen LogP contribution is -2.56. The minimum atomic E-state index is -0.903. The van der Waals surface area contributed by atoms with Gasteiger partial charge in [-0.15, -0.1) is 10.2 Å². The van der Waals surface area contributed by atoms with Gasteiger partial charge in [-0.05, 0) is 50.6 Å².